The molecule has 0 aliphatic carbocycles. The molecule has 14 heteroatoms. The molecule has 218 valence electrons. The standard InChI is InChI=1S/C27H29F3N6O4S/c28-27(29,30)20-5-3-18(4-6-20)24(16-34-41(39,40)22-9-7-21(8-10-22)36(37)38)19-11-14-35(15-12-19)26-23-2-1-13-31-25(23)32-17-33-26/h3-10,17,19,24,34H,1-2,11-16H2,(H,31,32,33). The molecule has 1 atom stereocenters. The number of hydrogen-bond acceptors (Lipinski definition) is 8. The summed E-state index contributed by atoms with van der Waals surface area (Å²) in [5, 5.41) is 14.2. The number of piperidine rings is 1. The molecule has 0 saturated carbocycles. The zero-order valence-electron chi connectivity index (χ0n) is 22.0. The van der Waals surface area contributed by atoms with E-state index in [0.29, 0.717) is 31.5 Å². The Balaban J connectivity index is 1.35. The number of halogens is 3. The minimum Gasteiger partial charge on any atom is -0.370 e. The van der Waals surface area contributed by atoms with Crippen LogP contribution in [0.4, 0.5) is 30.5 Å². The Morgan fingerprint density at radius 2 is 1.76 bits per heavy atom. The van der Waals surface area contributed by atoms with Crippen molar-refractivity contribution in [3.05, 3.63) is 81.7 Å². The summed E-state index contributed by atoms with van der Waals surface area (Å²) < 4.78 is 68.3. The summed E-state index contributed by atoms with van der Waals surface area (Å²) in [6.07, 6.45) is 0.263. The average molecular weight is 591 g/mol. The van der Waals surface area contributed by atoms with Gasteiger partial charge in [-0.05, 0) is 61.4 Å². The predicted octanol–water partition coefficient (Wildman–Crippen LogP) is 4.74. The lowest BCUT2D eigenvalue weighted by Crippen LogP contribution is -2.40. The smallest absolute Gasteiger partial charge is 0.370 e. The van der Waals surface area contributed by atoms with Crippen LogP contribution >= 0.6 is 0 Å². The van der Waals surface area contributed by atoms with E-state index in [2.05, 4.69) is 24.9 Å². The molecule has 1 fully saturated rings. The Morgan fingerprint density at radius 3 is 2.39 bits per heavy atom. The molecule has 0 amide bonds. The molecule has 3 aromatic rings. The summed E-state index contributed by atoms with van der Waals surface area (Å²) in [6.45, 7) is 2.12. The molecular formula is C27H29F3N6O4S. The zero-order valence-corrected chi connectivity index (χ0v) is 22.8. The van der Waals surface area contributed by atoms with Gasteiger partial charge in [-0.15, -0.1) is 0 Å². The first-order chi connectivity index (χ1) is 19.5. The molecule has 0 spiro atoms. The van der Waals surface area contributed by atoms with E-state index in [9.17, 15) is 31.7 Å². The summed E-state index contributed by atoms with van der Waals surface area (Å²) in [4.78, 5) is 21.2. The fraction of sp³-hybridized carbons (Fsp3) is 0.407. The third kappa shape index (κ3) is 6.43. The van der Waals surface area contributed by atoms with Crippen LogP contribution in [-0.4, -0.2) is 49.5 Å². The summed E-state index contributed by atoms with van der Waals surface area (Å²) in [6, 6.07) is 9.38. The molecule has 2 aliphatic rings. The van der Waals surface area contributed by atoms with Gasteiger partial charge in [0.15, 0.2) is 0 Å². The number of alkyl halides is 3. The van der Waals surface area contributed by atoms with Crippen molar-refractivity contribution in [1.29, 1.82) is 0 Å². The van der Waals surface area contributed by atoms with Crippen molar-refractivity contribution < 1.29 is 26.5 Å². The highest BCUT2D eigenvalue weighted by molar-refractivity contribution is 7.89. The normalized spacial score (nSPS) is 17.0. The number of nitrogens with zero attached hydrogens (tertiary/aromatic N) is 4. The Morgan fingerprint density at radius 1 is 1.07 bits per heavy atom. The first-order valence-electron chi connectivity index (χ1n) is 13.3. The summed E-state index contributed by atoms with van der Waals surface area (Å²) in [7, 11) is -4.03. The minimum absolute atomic E-state index is 0.0154. The number of sulfonamides is 1. The van der Waals surface area contributed by atoms with Crippen molar-refractivity contribution in [1.82, 2.24) is 14.7 Å². The summed E-state index contributed by atoms with van der Waals surface area (Å²) >= 11 is 0. The monoisotopic (exact) mass is 590 g/mol. The Kier molecular flexibility index (Phi) is 8.13. The van der Waals surface area contributed by atoms with Crippen LogP contribution in [0.2, 0.25) is 0 Å². The summed E-state index contributed by atoms with van der Waals surface area (Å²) in [5.74, 6) is 1.31. The quantitative estimate of drug-likeness (QED) is 0.284. The van der Waals surface area contributed by atoms with Gasteiger partial charge in [-0.1, -0.05) is 12.1 Å². The highest BCUT2D eigenvalue weighted by atomic mass is 32.2. The SMILES string of the molecule is O=[N+]([O-])c1ccc(S(=O)(=O)NCC(c2ccc(C(F)(F)F)cc2)C2CCN(c3ncnc4c3CCCN4)CC2)cc1. The number of nitrogens with one attached hydrogen (secondary N) is 2. The maximum Gasteiger partial charge on any atom is 0.416 e. The number of nitro groups is 1. The molecule has 2 N–H and O–H groups in total. The number of aromatic nitrogens is 2. The fourth-order valence-electron chi connectivity index (χ4n) is 5.55. The maximum absolute atomic E-state index is 13.2. The van der Waals surface area contributed by atoms with E-state index < -0.39 is 32.6 Å². The van der Waals surface area contributed by atoms with Crippen LogP contribution in [-0.2, 0) is 22.6 Å². The third-order valence-electron chi connectivity index (χ3n) is 7.74. The molecule has 5 rings (SSSR count). The second-order valence-corrected chi connectivity index (χ2v) is 12.0. The van der Waals surface area contributed by atoms with Crippen molar-refractivity contribution in [2.45, 2.75) is 42.7 Å². The predicted molar refractivity (Wildman–Crippen MR) is 146 cm³/mol. The molecule has 0 bridgehead atoms. The number of benzene rings is 2. The average Bonchev–Trinajstić information content (AvgIpc) is 2.97. The van der Waals surface area contributed by atoms with E-state index in [4.69, 9.17) is 0 Å². The summed E-state index contributed by atoms with van der Waals surface area (Å²) in [5.41, 5.74) is 0.668. The number of nitro benzene ring substituents is 1. The van der Waals surface area contributed by atoms with Gasteiger partial charge >= 0.3 is 6.18 Å². The first-order valence-corrected chi connectivity index (χ1v) is 14.8. The van der Waals surface area contributed by atoms with Gasteiger partial charge in [-0.3, -0.25) is 10.1 Å². The third-order valence-corrected chi connectivity index (χ3v) is 9.18. The first kappa shape index (κ1) is 28.7. The number of non-ortho nitro benzene ring substituents is 1. The van der Waals surface area contributed by atoms with Gasteiger partial charge in [0.1, 0.15) is 18.0 Å². The van der Waals surface area contributed by atoms with Crippen LogP contribution in [0.15, 0.2) is 59.8 Å². The van der Waals surface area contributed by atoms with Crippen molar-refractivity contribution in [3.63, 3.8) is 0 Å². The molecule has 1 aromatic heterocycles. The highest BCUT2D eigenvalue weighted by Crippen LogP contribution is 2.37. The van der Waals surface area contributed by atoms with Gasteiger partial charge in [-0.25, -0.2) is 23.1 Å². The van der Waals surface area contributed by atoms with Crippen molar-refractivity contribution in [2.75, 3.05) is 36.4 Å². The van der Waals surface area contributed by atoms with E-state index in [1.807, 2.05) is 0 Å². The molecule has 3 heterocycles. The molecule has 0 radical (unpaired) electrons. The second-order valence-electron chi connectivity index (χ2n) is 10.2. The van der Waals surface area contributed by atoms with Crippen LogP contribution in [0.5, 0.6) is 0 Å². The van der Waals surface area contributed by atoms with Crippen LogP contribution in [0.25, 0.3) is 0 Å². The van der Waals surface area contributed by atoms with Crippen molar-refractivity contribution in [3.8, 4) is 0 Å². The lowest BCUT2D eigenvalue weighted by atomic mass is 9.80. The molecule has 1 unspecified atom stereocenters. The largest absolute Gasteiger partial charge is 0.416 e. The molecular weight excluding hydrogens is 561 g/mol. The lowest BCUT2D eigenvalue weighted by Gasteiger charge is -2.38. The van der Waals surface area contributed by atoms with Gasteiger partial charge < -0.3 is 10.2 Å². The second kappa shape index (κ2) is 11.6. The van der Waals surface area contributed by atoms with Gasteiger partial charge in [0.05, 0.1) is 15.4 Å². The number of fused-ring (bicyclic) bond motifs is 1. The van der Waals surface area contributed by atoms with Gasteiger partial charge in [0, 0.05) is 49.8 Å². The Bertz CT molecular complexity index is 1490. The van der Waals surface area contributed by atoms with Gasteiger partial charge in [-0.2, -0.15) is 13.2 Å². The topological polar surface area (TPSA) is 130 Å². The molecule has 10 nitrogen and oxygen atoms in total. The van der Waals surface area contributed by atoms with Crippen molar-refractivity contribution >= 4 is 27.3 Å². The molecule has 41 heavy (non-hydrogen) atoms. The van der Waals surface area contributed by atoms with Crippen molar-refractivity contribution in [2.24, 2.45) is 5.92 Å². The number of rotatable bonds is 8. The van der Waals surface area contributed by atoms with E-state index in [0.717, 1.165) is 73.0 Å². The van der Waals surface area contributed by atoms with E-state index in [1.165, 1.54) is 18.5 Å². The number of anilines is 2. The maximum atomic E-state index is 13.2. The van der Waals surface area contributed by atoms with Gasteiger partial charge in [0.2, 0.25) is 10.0 Å². The van der Waals surface area contributed by atoms with E-state index in [1.54, 1.807) is 0 Å². The van der Waals surface area contributed by atoms with E-state index in [-0.39, 0.29) is 23.0 Å². The fourth-order valence-corrected chi connectivity index (χ4v) is 6.61. The van der Waals surface area contributed by atoms with Crippen LogP contribution < -0.4 is 14.9 Å². The number of hydrogen-bond donors (Lipinski definition) is 2. The lowest BCUT2D eigenvalue weighted by molar-refractivity contribution is -0.384. The van der Waals surface area contributed by atoms with Gasteiger partial charge in [0.25, 0.3) is 5.69 Å². The molecule has 2 aromatic carbocycles. The Hall–Kier alpha value is -3.78. The van der Waals surface area contributed by atoms with Crippen LogP contribution in [0.3, 0.4) is 0 Å². The zero-order chi connectivity index (χ0) is 29.2. The van der Waals surface area contributed by atoms with Crippen LogP contribution in [0.1, 0.15) is 41.9 Å². The molecule has 1 saturated heterocycles. The Labute approximate surface area is 235 Å². The molecule has 2 aliphatic heterocycles. The minimum atomic E-state index is -4.48. The van der Waals surface area contributed by atoms with Crippen LogP contribution in [0, 0.1) is 16.0 Å². The van der Waals surface area contributed by atoms with E-state index >= 15 is 0 Å². The highest BCUT2D eigenvalue weighted by Gasteiger charge is 2.33.